The van der Waals surface area contributed by atoms with Crippen molar-refractivity contribution in [2.75, 3.05) is 13.6 Å². The van der Waals surface area contributed by atoms with Gasteiger partial charge in [0.15, 0.2) is 0 Å². The molecule has 0 aliphatic heterocycles. The summed E-state index contributed by atoms with van der Waals surface area (Å²) in [5.41, 5.74) is 1.21. The minimum Gasteiger partial charge on any atom is -0.386 e. The van der Waals surface area contributed by atoms with Crippen LogP contribution in [0.1, 0.15) is 28.3 Å². The second-order valence-electron chi connectivity index (χ2n) is 3.19. The summed E-state index contributed by atoms with van der Waals surface area (Å²) in [7, 11) is 1.85. The lowest BCUT2D eigenvalue weighted by Crippen LogP contribution is -2.16. The van der Waals surface area contributed by atoms with Crippen molar-refractivity contribution < 1.29 is 5.11 Å². The van der Waals surface area contributed by atoms with Crippen molar-refractivity contribution in [2.24, 2.45) is 0 Å². The van der Waals surface area contributed by atoms with E-state index in [-0.39, 0.29) is 6.10 Å². The van der Waals surface area contributed by atoms with Gasteiger partial charge < -0.3 is 10.4 Å². The maximum Gasteiger partial charge on any atom is 0.101 e. The Morgan fingerprint density at radius 3 is 2.77 bits per heavy atom. The maximum atomic E-state index is 9.76. The summed E-state index contributed by atoms with van der Waals surface area (Å²) in [6.45, 7) is 4.83. The van der Waals surface area contributed by atoms with Crippen molar-refractivity contribution in [3.05, 3.63) is 21.4 Å². The van der Waals surface area contributed by atoms with Crippen molar-refractivity contribution >= 4 is 11.3 Å². The molecule has 0 saturated carbocycles. The van der Waals surface area contributed by atoms with Crippen LogP contribution in [0.5, 0.6) is 0 Å². The number of hydrogen-bond donors (Lipinski definition) is 2. The van der Waals surface area contributed by atoms with E-state index < -0.39 is 0 Å². The van der Waals surface area contributed by atoms with E-state index in [0.717, 1.165) is 11.3 Å². The SMILES string of the molecule is CCc1cc(C)c(C(O)CNC)s1. The van der Waals surface area contributed by atoms with Crippen molar-refractivity contribution in [3.8, 4) is 0 Å². The molecule has 1 heterocycles. The van der Waals surface area contributed by atoms with Crippen LogP contribution >= 0.6 is 11.3 Å². The number of likely N-dealkylation sites (N-methyl/N-ethyl adjacent to an activating group) is 1. The Bertz CT molecular complexity index is 270. The highest BCUT2D eigenvalue weighted by molar-refractivity contribution is 7.12. The van der Waals surface area contributed by atoms with Crippen molar-refractivity contribution in [1.29, 1.82) is 0 Å². The van der Waals surface area contributed by atoms with E-state index in [1.165, 1.54) is 10.4 Å². The minimum atomic E-state index is -0.352. The first-order chi connectivity index (χ1) is 6.19. The molecule has 0 saturated heterocycles. The van der Waals surface area contributed by atoms with Crippen LogP contribution in [0.2, 0.25) is 0 Å². The molecule has 0 spiro atoms. The van der Waals surface area contributed by atoms with Crippen molar-refractivity contribution in [2.45, 2.75) is 26.4 Å². The third kappa shape index (κ3) is 2.53. The summed E-state index contributed by atoms with van der Waals surface area (Å²) < 4.78 is 0. The summed E-state index contributed by atoms with van der Waals surface area (Å²) in [5, 5.41) is 12.7. The van der Waals surface area contributed by atoms with Gasteiger partial charge in [0.05, 0.1) is 0 Å². The topological polar surface area (TPSA) is 32.3 Å². The second kappa shape index (κ2) is 4.74. The molecule has 2 nitrogen and oxygen atoms in total. The Morgan fingerprint density at radius 2 is 2.31 bits per heavy atom. The number of aliphatic hydroxyl groups excluding tert-OH is 1. The number of hydrogen-bond acceptors (Lipinski definition) is 3. The zero-order valence-electron chi connectivity index (χ0n) is 8.42. The van der Waals surface area contributed by atoms with Gasteiger partial charge in [0.2, 0.25) is 0 Å². The van der Waals surface area contributed by atoms with Crippen LogP contribution in [-0.2, 0) is 6.42 Å². The van der Waals surface area contributed by atoms with E-state index in [9.17, 15) is 5.11 Å². The lowest BCUT2D eigenvalue weighted by Gasteiger charge is -2.08. The fraction of sp³-hybridized carbons (Fsp3) is 0.600. The van der Waals surface area contributed by atoms with Crippen LogP contribution in [0.15, 0.2) is 6.07 Å². The third-order valence-electron chi connectivity index (χ3n) is 2.06. The molecule has 1 atom stereocenters. The molecule has 0 aliphatic rings. The lowest BCUT2D eigenvalue weighted by atomic mass is 10.2. The van der Waals surface area contributed by atoms with Crippen molar-refractivity contribution in [3.63, 3.8) is 0 Å². The third-order valence-corrected chi connectivity index (χ3v) is 3.54. The standard InChI is InChI=1S/C10H17NOS/c1-4-8-5-7(2)10(13-8)9(12)6-11-3/h5,9,11-12H,4,6H2,1-3H3. The van der Waals surface area contributed by atoms with E-state index in [2.05, 4.69) is 25.2 Å². The van der Waals surface area contributed by atoms with Gasteiger partial charge in [0, 0.05) is 16.3 Å². The fourth-order valence-electron chi connectivity index (χ4n) is 1.35. The van der Waals surface area contributed by atoms with Crippen LogP contribution in [-0.4, -0.2) is 18.7 Å². The molecule has 0 amide bonds. The van der Waals surface area contributed by atoms with Gasteiger partial charge in [0.25, 0.3) is 0 Å². The molecule has 13 heavy (non-hydrogen) atoms. The molecule has 0 radical (unpaired) electrons. The highest BCUT2D eigenvalue weighted by Crippen LogP contribution is 2.27. The van der Waals surface area contributed by atoms with Gasteiger partial charge in [-0.3, -0.25) is 0 Å². The Labute approximate surface area is 83.6 Å². The largest absolute Gasteiger partial charge is 0.386 e. The van der Waals surface area contributed by atoms with Crippen LogP contribution in [0.25, 0.3) is 0 Å². The van der Waals surface area contributed by atoms with E-state index >= 15 is 0 Å². The predicted molar refractivity (Wildman–Crippen MR) is 57.3 cm³/mol. The average molecular weight is 199 g/mol. The number of rotatable bonds is 4. The van der Waals surface area contributed by atoms with Gasteiger partial charge in [-0.15, -0.1) is 11.3 Å². The Morgan fingerprint density at radius 1 is 1.62 bits per heavy atom. The van der Waals surface area contributed by atoms with E-state index in [1.54, 1.807) is 11.3 Å². The fourth-order valence-corrected chi connectivity index (χ4v) is 2.46. The molecule has 1 aromatic rings. The zero-order chi connectivity index (χ0) is 9.84. The molecule has 1 unspecified atom stereocenters. The van der Waals surface area contributed by atoms with Gasteiger partial charge in [-0.1, -0.05) is 6.92 Å². The number of aliphatic hydroxyl groups is 1. The van der Waals surface area contributed by atoms with Crippen LogP contribution < -0.4 is 5.32 Å². The molecule has 0 aliphatic carbocycles. The van der Waals surface area contributed by atoms with Crippen LogP contribution in [0, 0.1) is 6.92 Å². The summed E-state index contributed by atoms with van der Waals surface area (Å²) in [4.78, 5) is 2.45. The van der Waals surface area contributed by atoms with Gasteiger partial charge in [-0.25, -0.2) is 0 Å². The number of thiophene rings is 1. The first-order valence-electron chi connectivity index (χ1n) is 4.60. The number of nitrogens with one attached hydrogen (secondary N) is 1. The van der Waals surface area contributed by atoms with Crippen LogP contribution in [0.3, 0.4) is 0 Å². The summed E-state index contributed by atoms with van der Waals surface area (Å²) in [6.07, 6.45) is 0.702. The quantitative estimate of drug-likeness (QED) is 0.776. The highest BCUT2D eigenvalue weighted by atomic mass is 32.1. The van der Waals surface area contributed by atoms with Gasteiger partial charge in [-0.2, -0.15) is 0 Å². The highest BCUT2D eigenvalue weighted by Gasteiger charge is 2.12. The minimum absolute atomic E-state index is 0.352. The maximum absolute atomic E-state index is 9.76. The average Bonchev–Trinajstić information content (AvgIpc) is 2.47. The molecule has 0 fully saturated rings. The molecule has 2 N–H and O–H groups in total. The molecular weight excluding hydrogens is 182 g/mol. The molecule has 74 valence electrons. The number of aryl methyl sites for hydroxylation is 2. The van der Waals surface area contributed by atoms with Crippen LogP contribution in [0.4, 0.5) is 0 Å². The molecule has 1 aromatic heterocycles. The first kappa shape index (κ1) is 10.7. The lowest BCUT2D eigenvalue weighted by molar-refractivity contribution is 0.181. The van der Waals surface area contributed by atoms with E-state index in [1.807, 2.05) is 7.05 Å². The summed E-state index contributed by atoms with van der Waals surface area (Å²) in [6, 6.07) is 2.17. The van der Waals surface area contributed by atoms with Gasteiger partial charge in [-0.05, 0) is 32.0 Å². The Balaban J connectivity index is 2.80. The Kier molecular flexibility index (Phi) is 3.90. The van der Waals surface area contributed by atoms with E-state index in [4.69, 9.17) is 0 Å². The molecule has 1 rings (SSSR count). The normalized spacial score (nSPS) is 13.2. The summed E-state index contributed by atoms with van der Waals surface area (Å²) >= 11 is 1.72. The molecule has 0 aromatic carbocycles. The van der Waals surface area contributed by atoms with Gasteiger partial charge >= 0.3 is 0 Å². The van der Waals surface area contributed by atoms with Gasteiger partial charge in [0.1, 0.15) is 6.10 Å². The smallest absolute Gasteiger partial charge is 0.101 e. The second-order valence-corrected chi connectivity index (χ2v) is 4.36. The Hall–Kier alpha value is -0.380. The molecule has 0 bridgehead atoms. The van der Waals surface area contributed by atoms with E-state index in [0.29, 0.717) is 6.54 Å². The first-order valence-corrected chi connectivity index (χ1v) is 5.42. The zero-order valence-corrected chi connectivity index (χ0v) is 9.24. The predicted octanol–water partition coefficient (Wildman–Crippen LogP) is 1.87. The molecule has 3 heteroatoms. The van der Waals surface area contributed by atoms with Crippen molar-refractivity contribution in [1.82, 2.24) is 5.32 Å². The summed E-state index contributed by atoms with van der Waals surface area (Å²) in [5.74, 6) is 0. The monoisotopic (exact) mass is 199 g/mol. The molecular formula is C10H17NOS.